The smallest absolute Gasteiger partial charge is 0.275 e. The molecule has 0 aliphatic rings. The average Bonchev–Trinajstić information content (AvgIpc) is 3.10. The Morgan fingerprint density at radius 2 is 1.79 bits per heavy atom. The van der Waals surface area contributed by atoms with Gasteiger partial charge in [0.05, 0.1) is 16.5 Å². The number of benzene rings is 2. The highest BCUT2D eigenvalue weighted by Crippen LogP contribution is 2.33. The van der Waals surface area contributed by atoms with E-state index < -0.39 is 22.5 Å². The summed E-state index contributed by atoms with van der Waals surface area (Å²) in [6.45, 7) is 0. The zero-order valence-electron chi connectivity index (χ0n) is 14.9. The molecule has 1 N–H and O–H groups in total. The van der Waals surface area contributed by atoms with Crippen LogP contribution in [-0.4, -0.2) is 19.6 Å². The molecule has 29 heavy (non-hydrogen) atoms. The largest absolute Gasteiger partial charge is 0.416 e. The molecule has 0 fully saturated rings. The summed E-state index contributed by atoms with van der Waals surface area (Å²) in [5, 5.41) is 2.10. The Kier molecular flexibility index (Phi) is 4.91. The van der Waals surface area contributed by atoms with E-state index in [-0.39, 0.29) is 11.5 Å². The molecule has 2 aromatic carbocycles. The number of nitrogens with one attached hydrogen (secondary N) is 1. The number of fused-ring (bicyclic) bond motifs is 1. The lowest BCUT2D eigenvalue weighted by molar-refractivity contribution is -0.137. The molecule has 0 amide bonds. The van der Waals surface area contributed by atoms with Crippen molar-refractivity contribution in [3.8, 4) is 0 Å². The molecule has 1 atom stereocenters. The summed E-state index contributed by atoms with van der Waals surface area (Å²) in [6, 6.07) is 15.6. The topological polar surface area (TPSA) is 63.0 Å². The standard InChI is InChI=1S/C20H15F3N4OS/c21-20(22,23)14-8-4-7-13(10-14)18(29)15-11-17(28)27-19(24-15)25-16(26-27)9-12-5-2-1-3-6-12/h1-8,10-11,18,29H,9H2,(H,24,25,26). The first-order chi connectivity index (χ1) is 13.8. The quantitative estimate of drug-likeness (QED) is 0.494. The first-order valence-electron chi connectivity index (χ1n) is 8.69. The van der Waals surface area contributed by atoms with E-state index >= 15 is 0 Å². The zero-order chi connectivity index (χ0) is 20.6. The molecule has 0 spiro atoms. The Morgan fingerprint density at radius 3 is 2.52 bits per heavy atom. The Balaban J connectivity index is 1.69. The van der Waals surface area contributed by atoms with Crippen LogP contribution in [0.2, 0.25) is 0 Å². The number of hydrogen-bond acceptors (Lipinski definition) is 4. The Labute approximate surface area is 168 Å². The van der Waals surface area contributed by atoms with E-state index in [1.807, 2.05) is 30.3 Å². The van der Waals surface area contributed by atoms with Gasteiger partial charge in [0.15, 0.2) is 0 Å². The second-order valence-electron chi connectivity index (χ2n) is 6.51. The summed E-state index contributed by atoms with van der Waals surface area (Å²) in [4.78, 5) is 21.1. The van der Waals surface area contributed by atoms with Crippen molar-refractivity contribution in [3.05, 3.63) is 99.2 Å². The fourth-order valence-corrected chi connectivity index (χ4v) is 3.30. The van der Waals surface area contributed by atoms with Gasteiger partial charge in [0.25, 0.3) is 11.3 Å². The third-order valence-corrected chi connectivity index (χ3v) is 4.98. The Hall–Kier alpha value is -3.07. The van der Waals surface area contributed by atoms with Crippen molar-refractivity contribution in [2.24, 2.45) is 0 Å². The molecule has 9 heteroatoms. The Bertz CT molecular complexity index is 1220. The molecule has 4 rings (SSSR count). The highest BCUT2D eigenvalue weighted by molar-refractivity contribution is 7.80. The van der Waals surface area contributed by atoms with Crippen LogP contribution in [0.5, 0.6) is 0 Å². The molecule has 4 aromatic rings. The number of thiol groups is 1. The van der Waals surface area contributed by atoms with E-state index in [1.165, 1.54) is 22.7 Å². The fraction of sp³-hybridized carbons (Fsp3) is 0.150. The summed E-state index contributed by atoms with van der Waals surface area (Å²) in [7, 11) is 0. The van der Waals surface area contributed by atoms with Crippen molar-refractivity contribution in [3.63, 3.8) is 0 Å². The zero-order valence-corrected chi connectivity index (χ0v) is 15.8. The van der Waals surface area contributed by atoms with Crippen molar-refractivity contribution in [2.75, 3.05) is 0 Å². The van der Waals surface area contributed by atoms with Gasteiger partial charge in [0.2, 0.25) is 0 Å². The van der Waals surface area contributed by atoms with Gasteiger partial charge in [-0.2, -0.15) is 35.3 Å². The number of hydrogen-bond donors (Lipinski definition) is 2. The predicted octanol–water partition coefficient (Wildman–Crippen LogP) is 4.05. The molecule has 0 aliphatic carbocycles. The van der Waals surface area contributed by atoms with E-state index in [2.05, 4.69) is 27.7 Å². The molecule has 2 aromatic heterocycles. The molecule has 0 bridgehead atoms. The average molecular weight is 416 g/mol. The minimum Gasteiger partial charge on any atom is -0.275 e. The molecule has 0 saturated carbocycles. The lowest BCUT2D eigenvalue weighted by atomic mass is 10.1. The van der Waals surface area contributed by atoms with Gasteiger partial charge in [-0.3, -0.25) is 9.89 Å². The van der Waals surface area contributed by atoms with E-state index in [1.54, 1.807) is 0 Å². The van der Waals surface area contributed by atoms with Crippen molar-refractivity contribution in [2.45, 2.75) is 17.8 Å². The van der Waals surface area contributed by atoms with Gasteiger partial charge in [-0.05, 0) is 17.2 Å². The summed E-state index contributed by atoms with van der Waals surface area (Å²) in [6.07, 6.45) is -3.98. The predicted molar refractivity (Wildman–Crippen MR) is 105 cm³/mol. The molecule has 0 radical (unpaired) electrons. The van der Waals surface area contributed by atoms with Crippen LogP contribution >= 0.6 is 12.6 Å². The van der Waals surface area contributed by atoms with Crippen molar-refractivity contribution in [1.82, 2.24) is 19.6 Å². The monoisotopic (exact) mass is 416 g/mol. The van der Waals surface area contributed by atoms with Crippen LogP contribution in [0.15, 0.2) is 65.5 Å². The summed E-state index contributed by atoms with van der Waals surface area (Å²) in [5.74, 6) is 0.692. The molecule has 148 valence electrons. The molecular formula is C20H15F3N4OS. The first kappa shape index (κ1) is 19.3. The van der Waals surface area contributed by atoms with Crippen LogP contribution in [0.1, 0.15) is 33.5 Å². The van der Waals surface area contributed by atoms with Crippen LogP contribution in [0.3, 0.4) is 0 Å². The van der Waals surface area contributed by atoms with Gasteiger partial charge < -0.3 is 0 Å². The number of nitrogens with zero attached hydrogens (tertiary/aromatic N) is 3. The highest BCUT2D eigenvalue weighted by atomic mass is 32.1. The summed E-state index contributed by atoms with van der Waals surface area (Å²) in [5.41, 5.74) is 0.338. The molecule has 0 saturated heterocycles. The third-order valence-electron chi connectivity index (χ3n) is 4.42. The molecular weight excluding hydrogens is 401 g/mol. The van der Waals surface area contributed by atoms with Crippen LogP contribution in [0.4, 0.5) is 13.2 Å². The minimum absolute atomic E-state index is 0.143. The lowest BCUT2D eigenvalue weighted by Gasteiger charge is -2.13. The van der Waals surface area contributed by atoms with Crippen molar-refractivity contribution >= 4 is 18.4 Å². The number of rotatable bonds is 4. The summed E-state index contributed by atoms with van der Waals surface area (Å²) >= 11 is 4.40. The van der Waals surface area contributed by atoms with Gasteiger partial charge >= 0.3 is 6.18 Å². The third kappa shape index (κ3) is 4.04. The first-order valence-corrected chi connectivity index (χ1v) is 9.20. The number of aromatic amines is 1. The van der Waals surface area contributed by atoms with E-state index in [0.717, 1.165) is 17.7 Å². The van der Waals surface area contributed by atoms with Crippen molar-refractivity contribution in [1.29, 1.82) is 0 Å². The number of alkyl halides is 3. The van der Waals surface area contributed by atoms with Crippen LogP contribution in [-0.2, 0) is 12.6 Å². The summed E-state index contributed by atoms with van der Waals surface area (Å²) < 4.78 is 40.1. The second-order valence-corrected chi connectivity index (χ2v) is 7.03. The highest BCUT2D eigenvalue weighted by Gasteiger charge is 2.31. The van der Waals surface area contributed by atoms with E-state index in [4.69, 9.17) is 0 Å². The van der Waals surface area contributed by atoms with E-state index in [0.29, 0.717) is 17.8 Å². The van der Waals surface area contributed by atoms with Gasteiger partial charge in [-0.15, -0.1) is 0 Å². The minimum atomic E-state index is -4.46. The number of halogens is 3. The Morgan fingerprint density at radius 1 is 1.03 bits per heavy atom. The molecule has 5 nitrogen and oxygen atoms in total. The SMILES string of the molecule is O=c1cc(C(S)c2cccc(C(F)(F)F)c2)nc2nc(Cc3ccccc3)[nH]n12. The van der Waals surface area contributed by atoms with Crippen LogP contribution < -0.4 is 5.56 Å². The maximum absolute atomic E-state index is 13.0. The second kappa shape index (κ2) is 7.40. The van der Waals surface area contributed by atoms with Gasteiger partial charge in [0, 0.05) is 12.5 Å². The molecule has 1 unspecified atom stereocenters. The van der Waals surface area contributed by atoms with Gasteiger partial charge in [-0.1, -0.05) is 48.5 Å². The number of H-pyrrole nitrogens is 1. The van der Waals surface area contributed by atoms with Gasteiger partial charge in [0.1, 0.15) is 5.82 Å². The lowest BCUT2D eigenvalue weighted by Crippen LogP contribution is -2.17. The van der Waals surface area contributed by atoms with Gasteiger partial charge in [-0.25, -0.2) is 4.98 Å². The maximum atomic E-state index is 13.0. The van der Waals surface area contributed by atoms with E-state index in [9.17, 15) is 18.0 Å². The molecule has 2 heterocycles. The number of aromatic nitrogens is 4. The maximum Gasteiger partial charge on any atom is 0.416 e. The molecule has 0 aliphatic heterocycles. The normalized spacial score (nSPS) is 13.0. The van der Waals surface area contributed by atoms with Crippen molar-refractivity contribution < 1.29 is 13.2 Å². The fourth-order valence-electron chi connectivity index (χ4n) is 3.01. The van der Waals surface area contributed by atoms with Crippen LogP contribution in [0, 0.1) is 0 Å². The van der Waals surface area contributed by atoms with Crippen LogP contribution in [0.25, 0.3) is 5.78 Å².